The zero-order valence-corrected chi connectivity index (χ0v) is 14.1. The van der Waals surface area contributed by atoms with E-state index in [2.05, 4.69) is 35.7 Å². The van der Waals surface area contributed by atoms with Gasteiger partial charge in [0.1, 0.15) is 12.1 Å². The van der Waals surface area contributed by atoms with E-state index in [9.17, 15) is 0 Å². The van der Waals surface area contributed by atoms with Crippen molar-refractivity contribution in [3.8, 4) is 17.4 Å². The average molecular weight is 349 g/mol. The molecule has 0 saturated carbocycles. The first-order valence-corrected chi connectivity index (χ1v) is 7.80. The Kier molecular flexibility index (Phi) is 4.02. The molecule has 0 fully saturated rings. The van der Waals surface area contributed by atoms with Crippen LogP contribution in [0.2, 0.25) is 0 Å². The number of ether oxygens (including phenoxy) is 2. The van der Waals surface area contributed by atoms with Gasteiger partial charge in [0.2, 0.25) is 5.88 Å². The highest BCUT2D eigenvalue weighted by Gasteiger charge is 2.11. The minimum atomic E-state index is 0.380. The first-order valence-electron chi connectivity index (χ1n) is 7.80. The Morgan fingerprint density at radius 3 is 2.77 bits per heavy atom. The number of hydrogen-bond donors (Lipinski definition) is 2. The Labute approximate surface area is 148 Å². The summed E-state index contributed by atoms with van der Waals surface area (Å²) in [5.41, 5.74) is 2.23. The first-order chi connectivity index (χ1) is 12.7. The fourth-order valence-corrected chi connectivity index (χ4v) is 2.39. The molecule has 9 nitrogen and oxygen atoms in total. The molecule has 3 aromatic heterocycles. The van der Waals surface area contributed by atoms with E-state index in [0.717, 1.165) is 16.8 Å². The van der Waals surface area contributed by atoms with E-state index in [1.54, 1.807) is 31.5 Å². The van der Waals surface area contributed by atoms with E-state index in [1.165, 1.54) is 6.33 Å². The van der Waals surface area contributed by atoms with Crippen LogP contribution in [0.25, 0.3) is 11.0 Å². The Morgan fingerprint density at radius 1 is 1.04 bits per heavy atom. The van der Waals surface area contributed by atoms with Crippen LogP contribution < -0.4 is 14.8 Å². The number of anilines is 2. The van der Waals surface area contributed by atoms with Crippen molar-refractivity contribution in [3.05, 3.63) is 48.5 Å². The molecule has 9 heteroatoms. The van der Waals surface area contributed by atoms with Gasteiger partial charge < -0.3 is 14.8 Å². The lowest BCUT2D eigenvalue weighted by Gasteiger charge is -2.12. The molecule has 4 aromatic rings. The average Bonchev–Trinajstić information content (AvgIpc) is 3.14. The van der Waals surface area contributed by atoms with Crippen molar-refractivity contribution in [1.82, 2.24) is 30.4 Å². The fourth-order valence-electron chi connectivity index (χ4n) is 2.39. The second kappa shape index (κ2) is 6.63. The molecule has 0 aliphatic heterocycles. The summed E-state index contributed by atoms with van der Waals surface area (Å²) >= 11 is 0. The molecule has 3 heterocycles. The number of nitrogens with zero attached hydrogens (tertiary/aromatic N) is 5. The molecule has 0 aliphatic rings. The molecule has 26 heavy (non-hydrogen) atoms. The summed E-state index contributed by atoms with van der Waals surface area (Å²) in [7, 11) is 1.58. The van der Waals surface area contributed by atoms with Crippen LogP contribution in [0.3, 0.4) is 0 Å². The molecule has 0 unspecified atom stereocenters. The molecule has 4 rings (SSSR count). The molecule has 1 aromatic carbocycles. The predicted molar refractivity (Wildman–Crippen MR) is 94.8 cm³/mol. The van der Waals surface area contributed by atoms with Crippen LogP contribution in [0.5, 0.6) is 17.4 Å². The highest BCUT2D eigenvalue weighted by atomic mass is 16.5. The lowest BCUT2D eigenvalue weighted by atomic mass is 10.2. The molecule has 0 atom stereocenters. The van der Waals surface area contributed by atoms with E-state index in [4.69, 9.17) is 9.47 Å². The number of hydrogen-bond acceptors (Lipinski definition) is 8. The second-order valence-corrected chi connectivity index (χ2v) is 5.46. The van der Waals surface area contributed by atoms with E-state index >= 15 is 0 Å². The molecule has 0 bridgehead atoms. The number of aromatic amines is 1. The number of aromatic nitrogens is 6. The Morgan fingerprint density at radius 2 is 1.96 bits per heavy atom. The Bertz CT molecular complexity index is 1050. The van der Waals surface area contributed by atoms with Crippen LogP contribution in [-0.4, -0.2) is 37.5 Å². The number of H-pyrrole nitrogens is 1. The number of methoxy groups -OCH3 is 1. The fraction of sp³-hybridized carbons (Fsp3) is 0.118. The third-order valence-electron chi connectivity index (χ3n) is 3.66. The summed E-state index contributed by atoms with van der Waals surface area (Å²) in [5, 5.41) is 18.8. The summed E-state index contributed by atoms with van der Waals surface area (Å²) in [4.78, 5) is 8.39. The van der Waals surface area contributed by atoms with Crippen molar-refractivity contribution in [2.45, 2.75) is 6.92 Å². The van der Waals surface area contributed by atoms with Gasteiger partial charge in [0.05, 0.1) is 24.4 Å². The van der Waals surface area contributed by atoms with Crippen molar-refractivity contribution in [1.29, 1.82) is 0 Å². The van der Waals surface area contributed by atoms with Crippen molar-refractivity contribution < 1.29 is 9.47 Å². The summed E-state index contributed by atoms with van der Waals surface area (Å²) in [5.74, 6) is 2.10. The van der Waals surface area contributed by atoms with Crippen molar-refractivity contribution in [3.63, 3.8) is 0 Å². The zero-order valence-electron chi connectivity index (χ0n) is 14.1. The molecular weight excluding hydrogens is 334 g/mol. The first kappa shape index (κ1) is 15.8. The van der Waals surface area contributed by atoms with Crippen LogP contribution in [0, 0.1) is 6.92 Å². The number of rotatable bonds is 5. The maximum atomic E-state index is 5.82. The molecule has 2 N–H and O–H groups in total. The van der Waals surface area contributed by atoms with Crippen LogP contribution in [0.4, 0.5) is 11.5 Å². The number of aryl methyl sites for hydroxylation is 1. The van der Waals surface area contributed by atoms with Gasteiger partial charge in [0, 0.05) is 17.8 Å². The quantitative estimate of drug-likeness (QED) is 0.566. The molecule has 0 amide bonds. The molecular formula is C17H15N7O2. The minimum Gasteiger partial charge on any atom is -0.493 e. The predicted octanol–water partition coefficient (Wildman–Crippen LogP) is 3.00. The number of nitrogens with one attached hydrogen (secondary N) is 2. The monoisotopic (exact) mass is 349 g/mol. The van der Waals surface area contributed by atoms with Gasteiger partial charge in [-0.2, -0.15) is 10.2 Å². The van der Waals surface area contributed by atoms with Crippen LogP contribution in [0.1, 0.15) is 5.69 Å². The van der Waals surface area contributed by atoms with Gasteiger partial charge in [-0.25, -0.2) is 9.97 Å². The van der Waals surface area contributed by atoms with Crippen LogP contribution in [-0.2, 0) is 0 Å². The summed E-state index contributed by atoms with van der Waals surface area (Å²) < 4.78 is 11.2. The van der Waals surface area contributed by atoms with Gasteiger partial charge in [0.25, 0.3) is 0 Å². The number of benzene rings is 1. The third kappa shape index (κ3) is 3.09. The highest BCUT2D eigenvalue weighted by molar-refractivity contribution is 5.87. The molecule has 0 saturated heterocycles. The molecule has 130 valence electrons. The third-order valence-corrected chi connectivity index (χ3v) is 3.66. The van der Waals surface area contributed by atoms with Gasteiger partial charge >= 0.3 is 0 Å². The van der Waals surface area contributed by atoms with Gasteiger partial charge in [-0.05, 0) is 25.1 Å². The van der Waals surface area contributed by atoms with E-state index in [0.29, 0.717) is 28.8 Å². The van der Waals surface area contributed by atoms with E-state index in [-0.39, 0.29) is 0 Å². The summed E-state index contributed by atoms with van der Waals surface area (Å²) in [6, 6.07) is 9.04. The zero-order chi connectivity index (χ0) is 17.9. The summed E-state index contributed by atoms with van der Waals surface area (Å²) in [6.45, 7) is 1.86. The second-order valence-electron chi connectivity index (χ2n) is 5.46. The topological polar surface area (TPSA) is 111 Å². The lowest BCUT2D eigenvalue weighted by molar-refractivity contribution is 0.372. The van der Waals surface area contributed by atoms with Crippen LogP contribution in [0.15, 0.2) is 42.9 Å². The Balaban J connectivity index is 1.65. The van der Waals surface area contributed by atoms with Crippen molar-refractivity contribution >= 4 is 22.5 Å². The summed E-state index contributed by atoms with van der Waals surface area (Å²) in [6.07, 6.45) is 3.13. The van der Waals surface area contributed by atoms with Gasteiger partial charge in [-0.15, -0.1) is 5.10 Å². The SMILES string of the molecule is COc1ccc(Nc2ncnc3[nH]ncc23)cc1Oc1ccc(C)nn1. The van der Waals surface area contributed by atoms with E-state index < -0.39 is 0 Å². The molecule has 0 spiro atoms. The normalized spacial score (nSPS) is 10.7. The number of fused-ring (bicyclic) bond motifs is 1. The van der Waals surface area contributed by atoms with Gasteiger partial charge in [-0.3, -0.25) is 5.10 Å². The maximum absolute atomic E-state index is 5.82. The molecule has 0 aliphatic carbocycles. The van der Waals surface area contributed by atoms with E-state index in [1.807, 2.05) is 19.1 Å². The largest absolute Gasteiger partial charge is 0.493 e. The smallest absolute Gasteiger partial charge is 0.239 e. The lowest BCUT2D eigenvalue weighted by Crippen LogP contribution is -1.98. The Hall–Kier alpha value is -3.75. The van der Waals surface area contributed by atoms with Gasteiger partial charge in [0.15, 0.2) is 17.1 Å². The maximum Gasteiger partial charge on any atom is 0.239 e. The van der Waals surface area contributed by atoms with Gasteiger partial charge in [-0.1, -0.05) is 0 Å². The highest BCUT2D eigenvalue weighted by Crippen LogP contribution is 2.34. The standard InChI is InChI=1S/C17H15N7O2/c1-10-3-6-15(23-22-10)26-14-7-11(4-5-13(14)25-2)21-16-12-8-20-24-17(12)19-9-18-16/h3-9H,1-2H3,(H2,18,19,20,21,24). The van der Waals surface area contributed by atoms with Crippen molar-refractivity contribution in [2.24, 2.45) is 0 Å². The van der Waals surface area contributed by atoms with Crippen LogP contribution >= 0.6 is 0 Å². The van der Waals surface area contributed by atoms with Crippen molar-refractivity contribution in [2.75, 3.05) is 12.4 Å². The molecule has 0 radical (unpaired) electrons. The minimum absolute atomic E-state index is 0.380.